The average Bonchev–Trinajstić information content (AvgIpc) is 2.74. The van der Waals surface area contributed by atoms with Crippen LogP contribution in [0.3, 0.4) is 0 Å². The molecule has 0 spiro atoms. The third-order valence-corrected chi connectivity index (χ3v) is 4.54. The highest BCUT2D eigenvalue weighted by molar-refractivity contribution is 5.93. The van der Waals surface area contributed by atoms with Crippen molar-refractivity contribution in [1.29, 1.82) is 0 Å². The molecule has 2 aromatic carbocycles. The first kappa shape index (κ1) is 20.2. The monoisotopic (exact) mass is 390 g/mol. The van der Waals surface area contributed by atoms with Crippen LogP contribution in [0.25, 0.3) is 0 Å². The Hall–Kier alpha value is -3.54. The SMILES string of the molecule is COc1ccccc1CCNC(=O)c1cc(Nc2ccc(N(C)C)cc2)ccn1. The fourth-order valence-electron chi connectivity index (χ4n) is 2.95. The average molecular weight is 390 g/mol. The van der Waals surface area contributed by atoms with Gasteiger partial charge in [0.1, 0.15) is 11.4 Å². The number of carbonyl (C=O) groups is 1. The van der Waals surface area contributed by atoms with Gasteiger partial charge >= 0.3 is 0 Å². The van der Waals surface area contributed by atoms with Crippen LogP contribution < -0.4 is 20.3 Å². The van der Waals surface area contributed by atoms with Gasteiger partial charge in [0.15, 0.2) is 0 Å². The maximum atomic E-state index is 12.5. The lowest BCUT2D eigenvalue weighted by Gasteiger charge is -2.13. The van der Waals surface area contributed by atoms with Gasteiger partial charge in [0.05, 0.1) is 7.11 Å². The first-order valence-electron chi connectivity index (χ1n) is 9.47. The normalized spacial score (nSPS) is 10.3. The van der Waals surface area contributed by atoms with E-state index in [1.807, 2.05) is 73.6 Å². The Bertz CT molecular complexity index is 955. The standard InChI is InChI=1S/C23H26N4O2/c1-27(2)20-10-8-18(9-11-20)26-19-13-15-24-21(16-19)23(28)25-14-12-17-6-4-5-7-22(17)29-3/h4-11,13,15-16H,12,14H2,1-3H3,(H,24,26)(H,25,28). The summed E-state index contributed by atoms with van der Waals surface area (Å²) in [7, 11) is 5.65. The van der Waals surface area contributed by atoms with E-state index in [2.05, 4.69) is 15.6 Å². The van der Waals surface area contributed by atoms with Crippen LogP contribution in [0.15, 0.2) is 66.9 Å². The maximum Gasteiger partial charge on any atom is 0.269 e. The molecule has 0 unspecified atom stereocenters. The number of nitrogens with zero attached hydrogens (tertiary/aromatic N) is 2. The van der Waals surface area contributed by atoms with Gasteiger partial charge in [0.2, 0.25) is 0 Å². The summed E-state index contributed by atoms with van der Waals surface area (Å²) in [4.78, 5) is 18.7. The Morgan fingerprint density at radius 1 is 1.03 bits per heavy atom. The van der Waals surface area contributed by atoms with Crippen LogP contribution >= 0.6 is 0 Å². The number of hydrogen-bond donors (Lipinski definition) is 2. The molecule has 1 heterocycles. The second-order valence-corrected chi connectivity index (χ2v) is 6.81. The van der Waals surface area contributed by atoms with Gasteiger partial charge in [-0.3, -0.25) is 9.78 Å². The van der Waals surface area contributed by atoms with E-state index in [1.54, 1.807) is 19.4 Å². The predicted octanol–water partition coefficient (Wildman–Crippen LogP) is 3.87. The lowest BCUT2D eigenvalue weighted by Crippen LogP contribution is -2.26. The zero-order chi connectivity index (χ0) is 20.6. The van der Waals surface area contributed by atoms with Crippen molar-refractivity contribution in [2.24, 2.45) is 0 Å². The van der Waals surface area contributed by atoms with Crippen molar-refractivity contribution >= 4 is 23.0 Å². The third kappa shape index (κ3) is 5.48. The number of anilines is 3. The van der Waals surface area contributed by atoms with Crippen LogP contribution in [0.1, 0.15) is 16.1 Å². The quantitative estimate of drug-likeness (QED) is 0.611. The number of hydrogen-bond acceptors (Lipinski definition) is 5. The molecule has 0 aliphatic rings. The molecule has 0 aliphatic heterocycles. The van der Waals surface area contributed by atoms with Crippen molar-refractivity contribution in [2.75, 3.05) is 38.0 Å². The molecule has 0 aliphatic carbocycles. The molecule has 6 heteroatoms. The van der Waals surface area contributed by atoms with Crippen LogP contribution in [0.5, 0.6) is 5.75 Å². The first-order valence-corrected chi connectivity index (χ1v) is 9.47. The van der Waals surface area contributed by atoms with E-state index in [-0.39, 0.29) is 5.91 Å². The summed E-state index contributed by atoms with van der Waals surface area (Å²) < 4.78 is 5.34. The number of carbonyl (C=O) groups excluding carboxylic acids is 1. The van der Waals surface area contributed by atoms with Gasteiger partial charge < -0.3 is 20.3 Å². The molecule has 2 N–H and O–H groups in total. The Kier molecular flexibility index (Phi) is 6.68. The summed E-state index contributed by atoms with van der Waals surface area (Å²) in [5.74, 6) is 0.623. The number of benzene rings is 2. The summed E-state index contributed by atoms with van der Waals surface area (Å²) >= 11 is 0. The van der Waals surface area contributed by atoms with E-state index in [1.165, 1.54) is 0 Å². The minimum Gasteiger partial charge on any atom is -0.496 e. The number of rotatable bonds is 8. The highest BCUT2D eigenvalue weighted by Crippen LogP contribution is 2.20. The highest BCUT2D eigenvalue weighted by Gasteiger charge is 2.09. The van der Waals surface area contributed by atoms with Crippen LogP contribution in [-0.2, 0) is 6.42 Å². The number of amides is 1. The van der Waals surface area contributed by atoms with Gasteiger partial charge in [-0.1, -0.05) is 18.2 Å². The van der Waals surface area contributed by atoms with Gasteiger partial charge in [-0.2, -0.15) is 0 Å². The molecule has 150 valence electrons. The van der Waals surface area contributed by atoms with Crippen LogP contribution in [0.2, 0.25) is 0 Å². The molecule has 0 atom stereocenters. The molecule has 0 fully saturated rings. The molecule has 0 radical (unpaired) electrons. The number of para-hydroxylation sites is 1. The molecule has 3 aromatic rings. The highest BCUT2D eigenvalue weighted by atomic mass is 16.5. The zero-order valence-corrected chi connectivity index (χ0v) is 17.0. The van der Waals surface area contributed by atoms with Crippen molar-refractivity contribution < 1.29 is 9.53 Å². The van der Waals surface area contributed by atoms with E-state index in [4.69, 9.17) is 4.74 Å². The van der Waals surface area contributed by atoms with E-state index >= 15 is 0 Å². The Morgan fingerprint density at radius 3 is 2.52 bits per heavy atom. The van der Waals surface area contributed by atoms with Gasteiger partial charge in [0, 0.05) is 43.9 Å². The van der Waals surface area contributed by atoms with E-state index in [9.17, 15) is 4.79 Å². The molecule has 0 saturated heterocycles. The van der Waals surface area contributed by atoms with E-state index in [0.717, 1.165) is 28.4 Å². The zero-order valence-electron chi connectivity index (χ0n) is 17.0. The van der Waals surface area contributed by atoms with Crippen LogP contribution in [0.4, 0.5) is 17.1 Å². The summed E-state index contributed by atoms with van der Waals surface area (Å²) in [6.07, 6.45) is 2.32. The number of aromatic nitrogens is 1. The van der Waals surface area contributed by atoms with Gasteiger partial charge in [-0.15, -0.1) is 0 Å². The van der Waals surface area contributed by atoms with E-state index in [0.29, 0.717) is 18.7 Å². The van der Waals surface area contributed by atoms with Crippen LogP contribution in [0, 0.1) is 0 Å². The Balaban J connectivity index is 1.59. The molecule has 6 nitrogen and oxygen atoms in total. The van der Waals surface area contributed by atoms with Crippen molar-refractivity contribution in [3.05, 3.63) is 78.1 Å². The molecule has 1 amide bonds. The summed E-state index contributed by atoms with van der Waals surface area (Å²) in [6.45, 7) is 0.505. The molecule has 29 heavy (non-hydrogen) atoms. The molecular formula is C23H26N4O2. The Labute approximate surface area is 171 Å². The number of pyridine rings is 1. The van der Waals surface area contributed by atoms with Crippen molar-refractivity contribution in [3.8, 4) is 5.75 Å². The van der Waals surface area contributed by atoms with Crippen molar-refractivity contribution in [2.45, 2.75) is 6.42 Å². The number of methoxy groups -OCH3 is 1. The Morgan fingerprint density at radius 2 is 1.79 bits per heavy atom. The van der Waals surface area contributed by atoms with Crippen molar-refractivity contribution in [1.82, 2.24) is 10.3 Å². The molecule has 3 rings (SSSR count). The summed E-state index contributed by atoms with van der Waals surface area (Å²) in [5, 5.41) is 6.23. The van der Waals surface area contributed by atoms with Gasteiger partial charge in [-0.25, -0.2) is 0 Å². The predicted molar refractivity (Wildman–Crippen MR) is 117 cm³/mol. The smallest absolute Gasteiger partial charge is 0.269 e. The fraction of sp³-hybridized carbons (Fsp3) is 0.217. The van der Waals surface area contributed by atoms with Crippen molar-refractivity contribution in [3.63, 3.8) is 0 Å². The minimum absolute atomic E-state index is 0.202. The lowest BCUT2D eigenvalue weighted by molar-refractivity contribution is 0.0949. The second kappa shape index (κ2) is 9.59. The maximum absolute atomic E-state index is 12.5. The molecule has 1 aromatic heterocycles. The fourth-order valence-corrected chi connectivity index (χ4v) is 2.95. The molecule has 0 bridgehead atoms. The summed E-state index contributed by atoms with van der Waals surface area (Å²) in [6, 6.07) is 19.5. The topological polar surface area (TPSA) is 66.5 Å². The largest absolute Gasteiger partial charge is 0.496 e. The van der Waals surface area contributed by atoms with Crippen LogP contribution in [-0.4, -0.2) is 38.6 Å². The van der Waals surface area contributed by atoms with E-state index < -0.39 is 0 Å². The number of nitrogens with one attached hydrogen (secondary N) is 2. The lowest BCUT2D eigenvalue weighted by atomic mass is 10.1. The minimum atomic E-state index is -0.202. The first-order chi connectivity index (χ1) is 14.1. The molecular weight excluding hydrogens is 364 g/mol. The van der Waals surface area contributed by atoms with Gasteiger partial charge in [0.25, 0.3) is 5.91 Å². The second-order valence-electron chi connectivity index (χ2n) is 6.81. The summed E-state index contributed by atoms with van der Waals surface area (Å²) in [5.41, 5.74) is 4.32. The molecule has 0 saturated carbocycles. The van der Waals surface area contributed by atoms with Gasteiger partial charge in [-0.05, 0) is 54.4 Å². The number of ether oxygens (including phenoxy) is 1. The third-order valence-electron chi connectivity index (χ3n) is 4.54.